The highest BCUT2D eigenvalue weighted by atomic mass is 79.9. The molecule has 2 rings (SSSR count). The smallest absolute Gasteiger partial charge is 0.299 e. The van der Waals surface area contributed by atoms with Crippen LogP contribution in [0.15, 0.2) is 22.7 Å². The van der Waals surface area contributed by atoms with Gasteiger partial charge in [-0.05, 0) is 31.3 Å². The van der Waals surface area contributed by atoms with Gasteiger partial charge in [-0.3, -0.25) is 9.59 Å². The van der Waals surface area contributed by atoms with Gasteiger partial charge in [0.15, 0.2) is 0 Å². The molecular weight excluding hydrogens is 344 g/mol. The lowest BCUT2D eigenvalue weighted by atomic mass is 10.1. The predicted molar refractivity (Wildman–Crippen MR) is 85.9 cm³/mol. The maximum atomic E-state index is 12.0. The molecule has 0 N–H and O–H groups in total. The largest absolute Gasteiger partial charge is 0.303 e. The highest BCUT2D eigenvalue weighted by Crippen LogP contribution is 2.31. The number of anilines is 1. The van der Waals surface area contributed by atoms with Gasteiger partial charge in [-0.15, -0.1) is 12.4 Å². The van der Waals surface area contributed by atoms with Crippen LogP contribution in [0.5, 0.6) is 0 Å². The van der Waals surface area contributed by atoms with E-state index in [2.05, 4.69) is 34.7 Å². The molecule has 0 aromatic heterocycles. The third-order valence-electron chi connectivity index (χ3n) is 3.47. The number of hydrogen-bond donors (Lipinski definition) is 0. The van der Waals surface area contributed by atoms with Crippen molar-refractivity contribution in [2.75, 3.05) is 31.1 Å². The molecule has 4 nitrogen and oxygen atoms in total. The molecule has 0 spiro atoms. The zero-order chi connectivity index (χ0) is 14.0. The minimum absolute atomic E-state index is 0. The summed E-state index contributed by atoms with van der Waals surface area (Å²) >= 11 is 3.33. The normalized spacial score (nSPS) is 13.7. The molecule has 0 radical (unpaired) electrons. The number of halogens is 2. The number of hydrogen-bond acceptors (Lipinski definition) is 3. The Labute approximate surface area is 133 Å². The first-order chi connectivity index (χ1) is 9.08. The molecule has 1 heterocycles. The van der Waals surface area contributed by atoms with Crippen LogP contribution in [0, 0.1) is 0 Å². The van der Waals surface area contributed by atoms with Crippen molar-refractivity contribution in [1.82, 2.24) is 4.90 Å². The first-order valence-corrected chi connectivity index (χ1v) is 7.25. The van der Waals surface area contributed by atoms with Crippen molar-refractivity contribution in [3.05, 3.63) is 28.2 Å². The third kappa shape index (κ3) is 3.22. The van der Waals surface area contributed by atoms with Crippen molar-refractivity contribution in [1.29, 1.82) is 0 Å². The molecule has 0 fully saturated rings. The van der Waals surface area contributed by atoms with E-state index < -0.39 is 11.7 Å². The predicted octanol–water partition coefficient (Wildman–Crippen LogP) is 2.74. The number of nitrogens with zero attached hydrogens (tertiary/aromatic N) is 2. The van der Waals surface area contributed by atoms with E-state index in [4.69, 9.17) is 0 Å². The Balaban J connectivity index is 0.00000200. The van der Waals surface area contributed by atoms with Crippen molar-refractivity contribution >= 4 is 45.7 Å². The van der Waals surface area contributed by atoms with E-state index in [9.17, 15) is 9.59 Å². The van der Waals surface area contributed by atoms with E-state index >= 15 is 0 Å². The molecule has 0 atom stereocenters. The van der Waals surface area contributed by atoms with Gasteiger partial charge in [-0.2, -0.15) is 0 Å². The Bertz CT molecular complexity index is 518. The zero-order valence-electron chi connectivity index (χ0n) is 11.6. The number of benzene rings is 1. The lowest BCUT2D eigenvalue weighted by Crippen LogP contribution is -2.38. The Hall–Kier alpha value is -0.910. The molecule has 1 aliphatic heterocycles. The van der Waals surface area contributed by atoms with Gasteiger partial charge in [-0.1, -0.05) is 29.8 Å². The average Bonchev–Trinajstić information content (AvgIpc) is 2.64. The number of Topliss-reactive ketones (excluding diaryl/α,β-unsaturated/α-hetero) is 1. The van der Waals surface area contributed by atoms with Crippen LogP contribution in [-0.2, 0) is 4.79 Å². The van der Waals surface area contributed by atoms with Crippen LogP contribution in [0.2, 0.25) is 0 Å². The summed E-state index contributed by atoms with van der Waals surface area (Å²) in [6.07, 6.45) is 0. The van der Waals surface area contributed by atoms with Gasteiger partial charge in [-0.25, -0.2) is 0 Å². The van der Waals surface area contributed by atoms with E-state index in [1.807, 2.05) is 12.1 Å². The van der Waals surface area contributed by atoms with Gasteiger partial charge < -0.3 is 9.80 Å². The molecule has 0 saturated carbocycles. The quantitative estimate of drug-likeness (QED) is 0.757. The summed E-state index contributed by atoms with van der Waals surface area (Å²) in [5.41, 5.74) is 1.23. The molecule has 1 aliphatic rings. The Morgan fingerprint density at radius 2 is 1.85 bits per heavy atom. The standard InChI is InChI=1S/C14H17BrN2O2.ClH/c1-3-16(4-2)7-8-17-12-6-5-10(15)9-11(12)13(18)14(17)19;/h5-6,9H,3-4,7-8H2,1-2H3;1H. The SMILES string of the molecule is CCN(CC)CCN1C(=O)C(=O)c2cc(Br)ccc21.Cl. The van der Waals surface area contributed by atoms with Gasteiger partial charge >= 0.3 is 0 Å². The molecule has 0 bridgehead atoms. The van der Waals surface area contributed by atoms with Gasteiger partial charge in [0.05, 0.1) is 11.3 Å². The summed E-state index contributed by atoms with van der Waals surface area (Å²) < 4.78 is 0.818. The van der Waals surface area contributed by atoms with E-state index in [1.165, 1.54) is 0 Å². The minimum atomic E-state index is -0.416. The van der Waals surface area contributed by atoms with Crippen LogP contribution < -0.4 is 4.90 Å². The van der Waals surface area contributed by atoms with E-state index in [0.29, 0.717) is 12.1 Å². The maximum absolute atomic E-state index is 12.0. The first kappa shape index (κ1) is 17.1. The number of carbonyl (C=O) groups is 2. The Morgan fingerprint density at radius 3 is 2.45 bits per heavy atom. The summed E-state index contributed by atoms with van der Waals surface area (Å²) in [5.74, 6) is -0.823. The molecular formula is C14H18BrClN2O2. The second-order valence-corrected chi connectivity index (χ2v) is 5.39. The number of amides is 1. The van der Waals surface area contributed by atoms with E-state index in [0.717, 1.165) is 29.8 Å². The number of fused-ring (bicyclic) bond motifs is 1. The molecule has 0 saturated heterocycles. The zero-order valence-corrected chi connectivity index (χ0v) is 14.0. The highest BCUT2D eigenvalue weighted by molar-refractivity contribution is 9.10. The fraction of sp³-hybridized carbons (Fsp3) is 0.429. The lowest BCUT2D eigenvalue weighted by Gasteiger charge is -2.22. The van der Waals surface area contributed by atoms with Crippen molar-refractivity contribution in [3.63, 3.8) is 0 Å². The van der Waals surface area contributed by atoms with Crippen molar-refractivity contribution in [2.45, 2.75) is 13.8 Å². The number of rotatable bonds is 5. The van der Waals surface area contributed by atoms with Crippen molar-refractivity contribution < 1.29 is 9.59 Å². The van der Waals surface area contributed by atoms with Gasteiger partial charge in [0.2, 0.25) is 0 Å². The van der Waals surface area contributed by atoms with Gasteiger partial charge in [0.25, 0.3) is 11.7 Å². The summed E-state index contributed by atoms with van der Waals surface area (Å²) in [6.45, 7) is 7.40. The summed E-state index contributed by atoms with van der Waals surface area (Å²) in [6, 6.07) is 5.40. The second kappa shape index (κ2) is 7.20. The van der Waals surface area contributed by atoms with Crippen LogP contribution in [0.1, 0.15) is 24.2 Å². The lowest BCUT2D eigenvalue weighted by molar-refractivity contribution is -0.114. The highest BCUT2D eigenvalue weighted by Gasteiger charge is 2.35. The van der Waals surface area contributed by atoms with Crippen LogP contribution in [0.4, 0.5) is 5.69 Å². The topological polar surface area (TPSA) is 40.6 Å². The van der Waals surface area contributed by atoms with Crippen LogP contribution in [-0.4, -0.2) is 42.8 Å². The molecule has 1 aromatic carbocycles. The maximum Gasteiger partial charge on any atom is 0.299 e. The fourth-order valence-corrected chi connectivity index (χ4v) is 2.64. The van der Waals surface area contributed by atoms with Crippen molar-refractivity contribution in [3.8, 4) is 0 Å². The van der Waals surface area contributed by atoms with Crippen LogP contribution in [0.25, 0.3) is 0 Å². The molecule has 6 heteroatoms. The van der Waals surface area contributed by atoms with Gasteiger partial charge in [0, 0.05) is 17.6 Å². The average molecular weight is 362 g/mol. The van der Waals surface area contributed by atoms with E-state index in [1.54, 1.807) is 11.0 Å². The van der Waals surface area contributed by atoms with Crippen LogP contribution >= 0.6 is 28.3 Å². The fourth-order valence-electron chi connectivity index (χ4n) is 2.28. The minimum Gasteiger partial charge on any atom is -0.303 e. The number of likely N-dealkylation sites (N-methyl/N-ethyl adjacent to an activating group) is 1. The van der Waals surface area contributed by atoms with Crippen molar-refractivity contribution in [2.24, 2.45) is 0 Å². The molecule has 20 heavy (non-hydrogen) atoms. The molecule has 0 unspecified atom stereocenters. The summed E-state index contributed by atoms with van der Waals surface area (Å²) in [7, 11) is 0. The Kier molecular flexibility index (Phi) is 6.17. The van der Waals surface area contributed by atoms with Gasteiger partial charge in [0.1, 0.15) is 0 Å². The summed E-state index contributed by atoms with van der Waals surface area (Å²) in [4.78, 5) is 27.7. The molecule has 1 aromatic rings. The Morgan fingerprint density at radius 1 is 1.20 bits per heavy atom. The number of ketones is 1. The summed E-state index contributed by atoms with van der Waals surface area (Å²) in [5, 5.41) is 0. The third-order valence-corrected chi connectivity index (χ3v) is 3.96. The second-order valence-electron chi connectivity index (χ2n) is 4.47. The van der Waals surface area contributed by atoms with Crippen LogP contribution in [0.3, 0.4) is 0 Å². The number of carbonyl (C=O) groups excluding carboxylic acids is 2. The monoisotopic (exact) mass is 360 g/mol. The molecule has 1 amide bonds. The van der Waals surface area contributed by atoms with E-state index in [-0.39, 0.29) is 12.4 Å². The molecule has 110 valence electrons. The molecule has 0 aliphatic carbocycles. The first-order valence-electron chi connectivity index (χ1n) is 6.46.